The summed E-state index contributed by atoms with van der Waals surface area (Å²) in [4.78, 5) is 65.3. The van der Waals surface area contributed by atoms with Gasteiger partial charge in [-0.3, -0.25) is 24.0 Å². The number of esters is 5. The van der Waals surface area contributed by atoms with E-state index in [1.807, 2.05) is 20.8 Å². The molecule has 3 fully saturated rings. The summed E-state index contributed by atoms with van der Waals surface area (Å²) in [6, 6.07) is 0. The Morgan fingerprint density at radius 3 is 1.61 bits per heavy atom. The molecule has 0 radical (unpaired) electrons. The first-order valence-electron chi connectivity index (χ1n) is 18.8. The van der Waals surface area contributed by atoms with E-state index in [1.165, 1.54) is 6.92 Å². The molecule has 0 spiro atoms. The Bertz CT molecular complexity index is 1510. The number of carbonyl (C=O) groups is 5. The fourth-order valence-corrected chi connectivity index (χ4v) is 6.47. The molecule has 0 aromatic rings. The van der Waals surface area contributed by atoms with E-state index in [1.54, 1.807) is 90.0 Å². The Morgan fingerprint density at radius 1 is 0.704 bits per heavy atom. The van der Waals surface area contributed by atoms with Gasteiger partial charge in [-0.15, -0.1) is 0 Å². The monoisotopic (exact) mass is 764 g/mol. The fraction of sp³-hybridized carbons (Fsp3) is 0.829. The van der Waals surface area contributed by atoms with Gasteiger partial charge in [-0.1, -0.05) is 25.7 Å². The minimum atomic E-state index is -1.43. The molecule has 13 heteroatoms. The standard InChI is InChI=1S/C41H64O13/c1-23(48-24(2)42)18-19-41-39(15,16)20-25(21-40(41,17)54-41)49-30-29(53-34(46)38(12,13)14)28(52-33(45)37(9,10)11)27(51-32(44)36(6,7)8)26(50-30)22-47-31(43)35(3,4)5/h23,25-30H,20-22H2,1-17H3/t23-,25+,26-,27-,28+,29-,30-,40-,41+/m1/s1. The van der Waals surface area contributed by atoms with Crippen molar-refractivity contribution in [3.63, 3.8) is 0 Å². The molecule has 2 aliphatic heterocycles. The second-order valence-corrected chi connectivity index (χ2v) is 19.8. The molecule has 2 saturated heterocycles. The first-order valence-corrected chi connectivity index (χ1v) is 18.8. The molecular weight excluding hydrogens is 700 g/mol. The van der Waals surface area contributed by atoms with Crippen molar-refractivity contribution in [2.45, 2.75) is 185 Å². The van der Waals surface area contributed by atoms with Crippen molar-refractivity contribution in [1.29, 1.82) is 0 Å². The van der Waals surface area contributed by atoms with Gasteiger partial charge in [0.2, 0.25) is 0 Å². The highest BCUT2D eigenvalue weighted by Crippen LogP contribution is 2.65. The van der Waals surface area contributed by atoms with E-state index in [-0.39, 0.29) is 0 Å². The van der Waals surface area contributed by atoms with E-state index in [0.717, 1.165) is 0 Å². The minimum absolute atomic E-state index is 0.353. The zero-order valence-electron chi connectivity index (χ0n) is 35.5. The van der Waals surface area contributed by atoms with Crippen LogP contribution in [0, 0.1) is 38.9 Å². The zero-order chi connectivity index (χ0) is 41.6. The van der Waals surface area contributed by atoms with Crippen LogP contribution in [-0.2, 0) is 61.9 Å². The molecule has 9 atom stereocenters. The van der Waals surface area contributed by atoms with Crippen LogP contribution in [0.4, 0.5) is 0 Å². The Labute approximate surface area is 321 Å². The third-order valence-corrected chi connectivity index (χ3v) is 9.66. The molecule has 3 rings (SSSR count). The van der Waals surface area contributed by atoms with E-state index >= 15 is 0 Å². The van der Waals surface area contributed by atoms with Gasteiger partial charge in [0, 0.05) is 18.8 Å². The van der Waals surface area contributed by atoms with Crippen molar-refractivity contribution < 1.29 is 61.9 Å². The van der Waals surface area contributed by atoms with Crippen LogP contribution < -0.4 is 0 Å². The van der Waals surface area contributed by atoms with Crippen molar-refractivity contribution in [3.05, 3.63) is 0 Å². The number of carbonyl (C=O) groups excluding carboxylic acids is 5. The summed E-state index contributed by atoms with van der Waals surface area (Å²) in [7, 11) is 0. The summed E-state index contributed by atoms with van der Waals surface area (Å²) in [6.45, 7) is 28.7. The lowest BCUT2D eigenvalue weighted by atomic mass is 9.63. The van der Waals surface area contributed by atoms with Gasteiger partial charge in [0.05, 0.1) is 27.8 Å². The van der Waals surface area contributed by atoms with Crippen LogP contribution in [0.25, 0.3) is 0 Å². The van der Waals surface area contributed by atoms with Crippen LogP contribution in [0.5, 0.6) is 0 Å². The summed E-state index contributed by atoms with van der Waals surface area (Å²) >= 11 is 0. The lowest BCUT2D eigenvalue weighted by molar-refractivity contribution is -0.323. The highest BCUT2D eigenvalue weighted by molar-refractivity contribution is 5.78. The predicted octanol–water partition coefficient (Wildman–Crippen LogP) is 5.86. The van der Waals surface area contributed by atoms with Crippen LogP contribution in [0.1, 0.15) is 131 Å². The number of rotatable bonds is 8. The zero-order valence-corrected chi connectivity index (χ0v) is 35.5. The number of fused-ring (bicyclic) bond motifs is 1. The maximum atomic E-state index is 13.6. The molecule has 0 aromatic heterocycles. The van der Waals surface area contributed by atoms with Gasteiger partial charge in [-0.05, 0) is 103 Å². The molecule has 0 aromatic carbocycles. The number of epoxide rings is 1. The van der Waals surface area contributed by atoms with Crippen LogP contribution in [0.2, 0.25) is 0 Å². The smallest absolute Gasteiger partial charge is 0.311 e. The molecule has 1 aliphatic carbocycles. The predicted molar refractivity (Wildman–Crippen MR) is 196 cm³/mol. The van der Waals surface area contributed by atoms with Crippen molar-refractivity contribution in [2.24, 2.45) is 27.1 Å². The van der Waals surface area contributed by atoms with E-state index in [9.17, 15) is 24.0 Å². The van der Waals surface area contributed by atoms with E-state index in [4.69, 9.17) is 37.9 Å². The SMILES string of the molecule is CC(=O)O[C@H](C)C#C[C@@]12O[C@]1(C)C[C@@H](O[C@@H]1O[C@H](COC(=O)C(C)(C)C)[C@@H](OC(=O)C(C)(C)C)[C@H](OC(=O)C(C)(C)C)[C@H]1OC(=O)C(C)(C)C)CC2(C)C. The average molecular weight is 765 g/mol. The van der Waals surface area contributed by atoms with Crippen molar-refractivity contribution in [3.8, 4) is 11.8 Å². The second kappa shape index (κ2) is 15.4. The Balaban J connectivity index is 2.12. The first kappa shape index (κ1) is 45.2. The van der Waals surface area contributed by atoms with E-state index in [2.05, 4.69) is 11.8 Å². The lowest BCUT2D eigenvalue weighted by Crippen LogP contribution is -2.65. The van der Waals surface area contributed by atoms with Gasteiger partial charge in [-0.2, -0.15) is 0 Å². The molecule has 0 N–H and O–H groups in total. The van der Waals surface area contributed by atoms with Crippen molar-refractivity contribution >= 4 is 29.8 Å². The van der Waals surface area contributed by atoms with Crippen LogP contribution in [-0.4, -0.2) is 90.6 Å². The molecule has 0 unspecified atom stereocenters. The Hall–Kier alpha value is -3.21. The number of hydrogen-bond acceptors (Lipinski definition) is 13. The highest BCUT2D eigenvalue weighted by atomic mass is 16.7. The highest BCUT2D eigenvalue weighted by Gasteiger charge is 2.76. The second-order valence-electron chi connectivity index (χ2n) is 19.8. The largest absolute Gasteiger partial charge is 0.462 e. The maximum Gasteiger partial charge on any atom is 0.311 e. The molecule has 0 bridgehead atoms. The molecule has 2 heterocycles. The fourth-order valence-electron chi connectivity index (χ4n) is 6.47. The minimum Gasteiger partial charge on any atom is -0.462 e. The van der Waals surface area contributed by atoms with E-state index in [0.29, 0.717) is 12.8 Å². The summed E-state index contributed by atoms with van der Waals surface area (Å²) in [6.07, 6.45) is -7.22. The number of hydrogen-bond donors (Lipinski definition) is 0. The average Bonchev–Trinajstić information content (AvgIpc) is 3.61. The van der Waals surface area contributed by atoms with Crippen LogP contribution >= 0.6 is 0 Å². The summed E-state index contributed by atoms with van der Waals surface area (Å²) < 4.78 is 48.9. The van der Waals surface area contributed by atoms with Crippen LogP contribution in [0.3, 0.4) is 0 Å². The first-order chi connectivity index (χ1) is 24.2. The molecule has 54 heavy (non-hydrogen) atoms. The molecule has 13 nitrogen and oxygen atoms in total. The lowest BCUT2D eigenvalue weighted by Gasteiger charge is -2.47. The van der Waals surface area contributed by atoms with Crippen molar-refractivity contribution in [2.75, 3.05) is 6.61 Å². The maximum absolute atomic E-state index is 13.6. The van der Waals surface area contributed by atoms with Gasteiger partial charge < -0.3 is 37.9 Å². The van der Waals surface area contributed by atoms with Gasteiger partial charge in [0.15, 0.2) is 36.3 Å². The molecular formula is C41H64O13. The van der Waals surface area contributed by atoms with Crippen molar-refractivity contribution in [1.82, 2.24) is 0 Å². The Kier molecular flexibility index (Phi) is 12.9. The quantitative estimate of drug-likeness (QED) is 0.125. The van der Waals surface area contributed by atoms with Crippen LogP contribution in [0.15, 0.2) is 0 Å². The molecule has 1 saturated carbocycles. The van der Waals surface area contributed by atoms with Gasteiger partial charge >= 0.3 is 29.8 Å². The normalized spacial score (nSPS) is 31.4. The molecule has 0 amide bonds. The molecule has 306 valence electrons. The molecule has 3 aliphatic rings. The van der Waals surface area contributed by atoms with Gasteiger partial charge in [-0.25, -0.2) is 0 Å². The Morgan fingerprint density at radius 2 is 1.17 bits per heavy atom. The summed E-state index contributed by atoms with van der Waals surface area (Å²) in [5.74, 6) is 3.35. The summed E-state index contributed by atoms with van der Waals surface area (Å²) in [5, 5.41) is 0. The number of ether oxygens (including phenoxy) is 8. The van der Waals surface area contributed by atoms with Gasteiger partial charge in [0.25, 0.3) is 0 Å². The topological polar surface area (TPSA) is 162 Å². The van der Waals surface area contributed by atoms with Gasteiger partial charge in [0.1, 0.15) is 18.3 Å². The summed E-state index contributed by atoms with van der Waals surface area (Å²) in [5.41, 5.74) is -6.09. The van der Waals surface area contributed by atoms with E-state index < -0.39 is 118 Å². The third kappa shape index (κ3) is 10.3. The third-order valence-electron chi connectivity index (χ3n) is 9.66.